The van der Waals surface area contributed by atoms with E-state index >= 15 is 0 Å². The summed E-state index contributed by atoms with van der Waals surface area (Å²) < 4.78 is 0. The Morgan fingerprint density at radius 2 is 1.95 bits per heavy atom. The van der Waals surface area contributed by atoms with Crippen LogP contribution in [0.4, 0.5) is 0 Å². The number of piperidine rings is 1. The molecule has 2 aliphatic rings. The smallest absolute Gasteiger partial charge is 0.255 e. The average molecular weight is 299 g/mol. The Balaban J connectivity index is 0.000000847. The van der Waals surface area contributed by atoms with Crippen LogP contribution in [0, 0.1) is 0 Å². The van der Waals surface area contributed by atoms with E-state index in [-0.39, 0.29) is 24.1 Å². The van der Waals surface area contributed by atoms with E-state index in [1.165, 1.54) is 0 Å². The molecule has 0 aliphatic carbocycles. The topological polar surface area (TPSA) is 66.5 Å². The number of carbonyl (C=O) groups is 3. The second-order valence-corrected chi connectivity index (χ2v) is 5.11. The van der Waals surface area contributed by atoms with Crippen molar-refractivity contribution in [1.82, 2.24) is 10.2 Å². The van der Waals surface area contributed by atoms with Crippen molar-refractivity contribution in [3.63, 3.8) is 0 Å². The molecule has 2 heterocycles. The SMILES string of the molecule is CC.C[B]c1ccc2c(c1)CN(C1CCC(=O)NC1=O)C2=O. The van der Waals surface area contributed by atoms with Gasteiger partial charge in [0.25, 0.3) is 5.91 Å². The van der Waals surface area contributed by atoms with Gasteiger partial charge in [-0.3, -0.25) is 19.7 Å². The summed E-state index contributed by atoms with van der Waals surface area (Å²) in [6.07, 6.45) is 0.682. The highest BCUT2D eigenvalue weighted by Gasteiger charge is 2.38. The fourth-order valence-corrected chi connectivity index (χ4v) is 2.77. The van der Waals surface area contributed by atoms with Crippen LogP contribution in [0.5, 0.6) is 0 Å². The van der Waals surface area contributed by atoms with Gasteiger partial charge in [-0.2, -0.15) is 0 Å². The Bertz CT molecular complexity index is 615. The summed E-state index contributed by atoms with van der Waals surface area (Å²) in [6, 6.07) is 5.13. The summed E-state index contributed by atoms with van der Waals surface area (Å²) in [7, 11) is 1.97. The maximum atomic E-state index is 12.4. The van der Waals surface area contributed by atoms with Crippen LogP contribution in [0.3, 0.4) is 0 Å². The number of benzene rings is 1. The molecule has 1 saturated heterocycles. The first-order valence-electron chi connectivity index (χ1n) is 7.67. The molecule has 5 nitrogen and oxygen atoms in total. The summed E-state index contributed by atoms with van der Waals surface area (Å²) in [5, 5.41) is 2.30. The summed E-state index contributed by atoms with van der Waals surface area (Å²) in [6.45, 7) is 6.37. The van der Waals surface area contributed by atoms with E-state index < -0.39 is 6.04 Å². The van der Waals surface area contributed by atoms with Gasteiger partial charge in [-0.1, -0.05) is 38.3 Å². The largest absolute Gasteiger partial charge is 0.322 e. The van der Waals surface area contributed by atoms with Crippen molar-refractivity contribution in [1.29, 1.82) is 0 Å². The first-order valence-corrected chi connectivity index (χ1v) is 7.67. The molecular weight excluding hydrogens is 279 g/mol. The van der Waals surface area contributed by atoms with Gasteiger partial charge < -0.3 is 4.90 Å². The van der Waals surface area contributed by atoms with Gasteiger partial charge in [-0.25, -0.2) is 0 Å². The van der Waals surface area contributed by atoms with Crippen molar-refractivity contribution in [2.45, 2.75) is 46.1 Å². The summed E-state index contributed by atoms with van der Waals surface area (Å²) >= 11 is 0. The van der Waals surface area contributed by atoms with Crippen LogP contribution in [0.25, 0.3) is 0 Å². The predicted octanol–water partition coefficient (Wildman–Crippen LogP) is 0.851. The lowest BCUT2D eigenvalue weighted by atomic mass is 9.73. The van der Waals surface area contributed by atoms with E-state index in [4.69, 9.17) is 0 Å². The third kappa shape index (κ3) is 2.91. The molecule has 115 valence electrons. The lowest BCUT2D eigenvalue weighted by Gasteiger charge is -2.29. The molecule has 1 atom stereocenters. The maximum absolute atomic E-state index is 12.4. The quantitative estimate of drug-likeness (QED) is 0.650. The van der Waals surface area contributed by atoms with Crippen molar-refractivity contribution in [3.05, 3.63) is 29.3 Å². The highest BCUT2D eigenvalue weighted by atomic mass is 16.2. The maximum Gasteiger partial charge on any atom is 0.255 e. The second kappa shape index (κ2) is 6.77. The average Bonchev–Trinajstić information content (AvgIpc) is 2.85. The minimum atomic E-state index is -0.540. The zero-order valence-corrected chi connectivity index (χ0v) is 13.2. The third-order valence-corrected chi connectivity index (χ3v) is 3.88. The molecule has 0 saturated carbocycles. The van der Waals surface area contributed by atoms with E-state index in [1.54, 1.807) is 11.0 Å². The molecule has 2 aliphatic heterocycles. The molecule has 1 radical (unpaired) electrons. The van der Waals surface area contributed by atoms with Crippen LogP contribution in [-0.2, 0) is 16.1 Å². The molecule has 1 aromatic rings. The van der Waals surface area contributed by atoms with Gasteiger partial charge >= 0.3 is 0 Å². The Hall–Kier alpha value is -2.11. The predicted molar refractivity (Wildman–Crippen MR) is 85.1 cm³/mol. The van der Waals surface area contributed by atoms with Crippen LogP contribution < -0.4 is 10.8 Å². The Morgan fingerprint density at radius 3 is 2.59 bits per heavy atom. The van der Waals surface area contributed by atoms with Crippen LogP contribution in [0.1, 0.15) is 42.6 Å². The fourth-order valence-electron chi connectivity index (χ4n) is 2.77. The first-order chi connectivity index (χ1) is 10.6. The zero-order valence-electron chi connectivity index (χ0n) is 13.2. The molecule has 0 aromatic heterocycles. The molecule has 1 aromatic carbocycles. The summed E-state index contributed by atoms with van der Waals surface area (Å²) in [5.74, 6) is -0.764. The highest BCUT2D eigenvalue weighted by Crippen LogP contribution is 2.26. The summed E-state index contributed by atoms with van der Waals surface area (Å²) in [4.78, 5) is 37.0. The van der Waals surface area contributed by atoms with Gasteiger partial charge in [0.1, 0.15) is 13.3 Å². The Labute approximate surface area is 131 Å². The number of hydrogen-bond acceptors (Lipinski definition) is 3. The second-order valence-electron chi connectivity index (χ2n) is 5.11. The molecule has 6 heteroatoms. The van der Waals surface area contributed by atoms with Gasteiger partial charge in [0.15, 0.2) is 0 Å². The number of carbonyl (C=O) groups excluding carboxylic acids is 3. The number of nitrogens with zero attached hydrogens (tertiary/aromatic N) is 1. The zero-order chi connectivity index (χ0) is 16.3. The normalized spacial score (nSPS) is 20.0. The molecule has 22 heavy (non-hydrogen) atoms. The third-order valence-electron chi connectivity index (χ3n) is 3.88. The molecule has 3 amide bonds. The van der Waals surface area contributed by atoms with E-state index in [2.05, 4.69) is 5.32 Å². The van der Waals surface area contributed by atoms with Crippen molar-refractivity contribution in [2.75, 3.05) is 0 Å². The van der Waals surface area contributed by atoms with E-state index in [9.17, 15) is 14.4 Å². The van der Waals surface area contributed by atoms with Crippen molar-refractivity contribution in [2.24, 2.45) is 0 Å². The Morgan fingerprint density at radius 1 is 1.23 bits per heavy atom. The van der Waals surface area contributed by atoms with Gasteiger partial charge in [-0.05, 0) is 18.1 Å². The molecule has 1 unspecified atom stereocenters. The number of nitrogens with one attached hydrogen (secondary N) is 1. The monoisotopic (exact) mass is 299 g/mol. The lowest BCUT2D eigenvalue weighted by Crippen LogP contribution is -2.52. The number of fused-ring (bicyclic) bond motifs is 1. The molecule has 0 spiro atoms. The lowest BCUT2D eigenvalue weighted by molar-refractivity contribution is -0.136. The number of rotatable bonds is 2. The summed E-state index contributed by atoms with van der Waals surface area (Å²) in [5.41, 5.74) is 2.65. The van der Waals surface area contributed by atoms with E-state index in [0.29, 0.717) is 18.5 Å². The van der Waals surface area contributed by atoms with Crippen molar-refractivity contribution in [3.8, 4) is 0 Å². The fraction of sp³-hybridized carbons (Fsp3) is 0.438. The Kier molecular flexibility index (Phi) is 5.01. The number of amides is 3. The van der Waals surface area contributed by atoms with Gasteiger partial charge in [0.05, 0.1) is 0 Å². The molecule has 1 N–H and O–H groups in total. The molecule has 1 fully saturated rings. The van der Waals surface area contributed by atoms with Crippen molar-refractivity contribution >= 4 is 30.5 Å². The van der Waals surface area contributed by atoms with Gasteiger partial charge in [-0.15, -0.1) is 0 Å². The van der Waals surface area contributed by atoms with Crippen molar-refractivity contribution < 1.29 is 14.4 Å². The number of imide groups is 1. The molecule has 0 bridgehead atoms. The molecule has 3 rings (SSSR count). The minimum Gasteiger partial charge on any atom is -0.322 e. The van der Waals surface area contributed by atoms with E-state index in [1.807, 2.05) is 40.1 Å². The number of hydrogen-bond donors (Lipinski definition) is 1. The van der Waals surface area contributed by atoms with Crippen LogP contribution in [0.2, 0.25) is 6.82 Å². The first kappa shape index (κ1) is 16.3. The van der Waals surface area contributed by atoms with Gasteiger partial charge in [0, 0.05) is 18.5 Å². The van der Waals surface area contributed by atoms with E-state index in [0.717, 1.165) is 11.0 Å². The van der Waals surface area contributed by atoms with Crippen LogP contribution in [0.15, 0.2) is 18.2 Å². The minimum absolute atomic E-state index is 0.128. The highest BCUT2D eigenvalue weighted by molar-refractivity contribution is 6.52. The standard InChI is InChI=1S/C14H14BN2O3.C2H6/c1-15-9-2-3-10-8(6-9)7-17(14(10)20)11-4-5-12(18)16-13(11)19;1-2/h2-3,6,11H,4-5,7H2,1H3,(H,16,18,19);1-2H3. The van der Waals surface area contributed by atoms with Crippen LogP contribution in [-0.4, -0.2) is 35.9 Å². The van der Waals surface area contributed by atoms with Crippen LogP contribution >= 0.6 is 0 Å². The van der Waals surface area contributed by atoms with Gasteiger partial charge in [0.2, 0.25) is 11.8 Å². The molecular formula is C16H20BN2O3.